The Hall–Kier alpha value is -1.33. The van der Waals surface area contributed by atoms with E-state index in [0.717, 1.165) is 16.7 Å². The van der Waals surface area contributed by atoms with Crippen LogP contribution in [0, 0.1) is 25.2 Å². The molecule has 0 saturated heterocycles. The molecule has 0 aliphatic heterocycles. The van der Waals surface area contributed by atoms with E-state index in [1.807, 2.05) is 26.0 Å². The molecule has 2 nitrogen and oxygen atoms in total. The summed E-state index contributed by atoms with van der Waals surface area (Å²) in [6.45, 7) is 3.77. The number of hydrogen-bond acceptors (Lipinski definition) is 2. The predicted molar refractivity (Wildman–Crippen MR) is 46.6 cm³/mol. The predicted octanol–water partition coefficient (Wildman–Crippen LogP) is 1.67. The molecule has 1 aromatic carbocycles. The fourth-order valence-corrected chi connectivity index (χ4v) is 1.34. The van der Waals surface area contributed by atoms with Crippen molar-refractivity contribution in [3.63, 3.8) is 0 Å². The van der Waals surface area contributed by atoms with Crippen LogP contribution in [0.4, 0.5) is 0 Å². The van der Waals surface area contributed by atoms with Gasteiger partial charge in [-0.05, 0) is 25.0 Å². The van der Waals surface area contributed by atoms with Gasteiger partial charge in [-0.2, -0.15) is 5.26 Å². The van der Waals surface area contributed by atoms with Crippen LogP contribution < -0.4 is 0 Å². The van der Waals surface area contributed by atoms with E-state index in [9.17, 15) is 0 Å². The third kappa shape index (κ3) is 1.46. The van der Waals surface area contributed by atoms with Gasteiger partial charge >= 0.3 is 0 Å². The second-order valence-electron chi connectivity index (χ2n) is 2.89. The van der Waals surface area contributed by atoms with Crippen molar-refractivity contribution in [2.45, 2.75) is 20.5 Å². The first kappa shape index (κ1) is 8.76. The molecule has 2 heteroatoms. The number of benzene rings is 1. The fraction of sp³-hybridized carbons (Fsp3) is 0.300. The average molecular weight is 161 g/mol. The highest BCUT2D eigenvalue weighted by atomic mass is 16.3. The number of hydrogen-bond donors (Lipinski definition) is 1. The maximum Gasteiger partial charge on any atom is 0.0998 e. The molecule has 0 aromatic heterocycles. The molecule has 0 spiro atoms. The number of nitrogens with zero attached hydrogens (tertiary/aromatic N) is 1. The van der Waals surface area contributed by atoms with Gasteiger partial charge < -0.3 is 5.11 Å². The number of aliphatic hydroxyl groups is 1. The van der Waals surface area contributed by atoms with E-state index >= 15 is 0 Å². The SMILES string of the molecule is Cc1cc(C)c(C#N)c(CO)c1. The molecule has 0 radical (unpaired) electrons. The van der Waals surface area contributed by atoms with E-state index in [-0.39, 0.29) is 6.61 Å². The van der Waals surface area contributed by atoms with Crippen LogP contribution in [0.15, 0.2) is 12.1 Å². The lowest BCUT2D eigenvalue weighted by molar-refractivity contribution is 0.281. The fourth-order valence-electron chi connectivity index (χ4n) is 1.34. The molecule has 0 aliphatic rings. The molecule has 0 saturated carbocycles. The first-order chi connectivity index (χ1) is 5.69. The first-order valence-corrected chi connectivity index (χ1v) is 3.80. The van der Waals surface area contributed by atoms with Crippen LogP contribution in [0.3, 0.4) is 0 Å². The summed E-state index contributed by atoms with van der Waals surface area (Å²) in [7, 11) is 0. The quantitative estimate of drug-likeness (QED) is 0.680. The smallest absolute Gasteiger partial charge is 0.0998 e. The monoisotopic (exact) mass is 161 g/mol. The second kappa shape index (κ2) is 3.38. The van der Waals surface area contributed by atoms with E-state index in [1.54, 1.807) is 0 Å². The zero-order valence-electron chi connectivity index (χ0n) is 7.26. The summed E-state index contributed by atoms with van der Waals surface area (Å²) in [5, 5.41) is 17.7. The average Bonchev–Trinajstić information content (AvgIpc) is 2.03. The molecule has 0 fully saturated rings. The minimum atomic E-state index is -0.0641. The lowest BCUT2D eigenvalue weighted by atomic mass is 10.0. The summed E-state index contributed by atoms with van der Waals surface area (Å²) in [5.41, 5.74) is 3.33. The Morgan fingerprint density at radius 3 is 2.58 bits per heavy atom. The maximum atomic E-state index is 8.95. The molecule has 0 heterocycles. The van der Waals surface area contributed by atoms with Crippen LogP contribution >= 0.6 is 0 Å². The Morgan fingerprint density at radius 2 is 2.08 bits per heavy atom. The Labute approximate surface area is 72.1 Å². The van der Waals surface area contributed by atoms with E-state index < -0.39 is 0 Å². The van der Waals surface area contributed by atoms with Gasteiger partial charge in [0.2, 0.25) is 0 Å². The molecule has 0 amide bonds. The maximum absolute atomic E-state index is 8.95. The summed E-state index contributed by atoms with van der Waals surface area (Å²) in [6, 6.07) is 5.86. The van der Waals surface area contributed by atoms with Crippen molar-refractivity contribution in [2.24, 2.45) is 0 Å². The molecule has 12 heavy (non-hydrogen) atoms. The van der Waals surface area contributed by atoms with Crippen molar-refractivity contribution in [1.82, 2.24) is 0 Å². The molecule has 0 unspecified atom stereocenters. The normalized spacial score (nSPS) is 9.50. The lowest BCUT2D eigenvalue weighted by Gasteiger charge is -2.04. The third-order valence-electron chi connectivity index (χ3n) is 1.84. The topological polar surface area (TPSA) is 44.0 Å². The molecule has 1 aromatic rings. The Kier molecular flexibility index (Phi) is 2.47. The van der Waals surface area contributed by atoms with Crippen LogP contribution in [0.2, 0.25) is 0 Å². The van der Waals surface area contributed by atoms with E-state index in [4.69, 9.17) is 10.4 Å². The minimum Gasteiger partial charge on any atom is -0.392 e. The highest BCUT2D eigenvalue weighted by molar-refractivity contribution is 5.45. The number of aliphatic hydroxyl groups excluding tert-OH is 1. The van der Waals surface area contributed by atoms with Gasteiger partial charge in [-0.15, -0.1) is 0 Å². The minimum absolute atomic E-state index is 0.0641. The van der Waals surface area contributed by atoms with Gasteiger partial charge in [-0.25, -0.2) is 0 Å². The van der Waals surface area contributed by atoms with E-state index in [2.05, 4.69) is 6.07 Å². The molecule has 62 valence electrons. The van der Waals surface area contributed by atoms with Crippen molar-refractivity contribution < 1.29 is 5.11 Å². The van der Waals surface area contributed by atoms with Crippen molar-refractivity contribution in [1.29, 1.82) is 5.26 Å². The summed E-state index contributed by atoms with van der Waals surface area (Å²) >= 11 is 0. The van der Waals surface area contributed by atoms with Crippen LogP contribution in [-0.4, -0.2) is 5.11 Å². The van der Waals surface area contributed by atoms with Crippen molar-refractivity contribution in [2.75, 3.05) is 0 Å². The standard InChI is InChI=1S/C10H11NO/c1-7-3-8(2)10(5-11)9(4-7)6-12/h3-4,12H,6H2,1-2H3. The Bertz CT molecular complexity index is 336. The van der Waals surface area contributed by atoms with Crippen LogP contribution in [-0.2, 0) is 6.61 Å². The molecule has 0 aliphatic carbocycles. The van der Waals surface area contributed by atoms with Crippen molar-refractivity contribution in [3.8, 4) is 6.07 Å². The summed E-state index contributed by atoms with van der Waals surface area (Å²) in [5.74, 6) is 0. The third-order valence-corrected chi connectivity index (χ3v) is 1.84. The van der Waals surface area contributed by atoms with Gasteiger partial charge in [-0.1, -0.05) is 17.7 Å². The van der Waals surface area contributed by atoms with Crippen molar-refractivity contribution >= 4 is 0 Å². The summed E-state index contributed by atoms with van der Waals surface area (Å²) < 4.78 is 0. The Morgan fingerprint density at radius 1 is 1.42 bits per heavy atom. The highest BCUT2D eigenvalue weighted by Gasteiger charge is 2.04. The molecular formula is C10H11NO. The van der Waals surface area contributed by atoms with Gasteiger partial charge in [0.25, 0.3) is 0 Å². The van der Waals surface area contributed by atoms with Crippen LogP contribution in [0.1, 0.15) is 22.3 Å². The zero-order valence-corrected chi connectivity index (χ0v) is 7.26. The lowest BCUT2D eigenvalue weighted by Crippen LogP contribution is -1.94. The zero-order chi connectivity index (χ0) is 9.14. The highest BCUT2D eigenvalue weighted by Crippen LogP contribution is 2.15. The van der Waals surface area contributed by atoms with Gasteiger partial charge in [-0.3, -0.25) is 0 Å². The van der Waals surface area contributed by atoms with Crippen LogP contribution in [0.5, 0.6) is 0 Å². The largest absolute Gasteiger partial charge is 0.392 e. The molecule has 0 atom stereocenters. The number of rotatable bonds is 1. The van der Waals surface area contributed by atoms with Gasteiger partial charge in [0.1, 0.15) is 0 Å². The second-order valence-corrected chi connectivity index (χ2v) is 2.89. The van der Waals surface area contributed by atoms with Gasteiger partial charge in [0.05, 0.1) is 18.2 Å². The summed E-state index contributed by atoms with van der Waals surface area (Å²) in [6.07, 6.45) is 0. The van der Waals surface area contributed by atoms with Crippen LogP contribution in [0.25, 0.3) is 0 Å². The van der Waals surface area contributed by atoms with Gasteiger partial charge in [0, 0.05) is 0 Å². The molecular weight excluding hydrogens is 150 g/mol. The number of nitriles is 1. The van der Waals surface area contributed by atoms with E-state index in [1.165, 1.54) is 0 Å². The molecule has 1 N–H and O–H groups in total. The Balaban J connectivity index is 3.36. The van der Waals surface area contributed by atoms with Gasteiger partial charge in [0.15, 0.2) is 0 Å². The molecule has 0 bridgehead atoms. The van der Waals surface area contributed by atoms with Crippen molar-refractivity contribution in [3.05, 3.63) is 34.4 Å². The number of aryl methyl sites for hydroxylation is 2. The summed E-state index contributed by atoms with van der Waals surface area (Å²) in [4.78, 5) is 0. The first-order valence-electron chi connectivity index (χ1n) is 3.80. The van der Waals surface area contributed by atoms with E-state index in [0.29, 0.717) is 5.56 Å². The molecule has 1 rings (SSSR count).